The van der Waals surface area contributed by atoms with Crippen molar-refractivity contribution in [3.05, 3.63) is 90.4 Å². The Morgan fingerprint density at radius 3 is 2.56 bits per heavy atom. The normalized spacial score (nSPS) is 14.2. The summed E-state index contributed by atoms with van der Waals surface area (Å²) in [6.45, 7) is 4.00. The lowest BCUT2D eigenvalue weighted by molar-refractivity contribution is 0.231. The van der Waals surface area contributed by atoms with Gasteiger partial charge in [-0.05, 0) is 79.9 Å². The molecular formula is C28H31N5O. The van der Waals surface area contributed by atoms with Gasteiger partial charge in [0.05, 0.1) is 5.52 Å². The zero-order valence-electron chi connectivity index (χ0n) is 19.4. The topological polar surface area (TPSA) is 62.2 Å². The number of benzene rings is 2. The van der Waals surface area contributed by atoms with E-state index in [4.69, 9.17) is 0 Å². The molecule has 2 aromatic carbocycles. The van der Waals surface area contributed by atoms with Crippen molar-refractivity contribution in [3.63, 3.8) is 0 Å². The lowest BCUT2D eigenvalue weighted by Crippen LogP contribution is -2.31. The molecule has 0 unspecified atom stereocenters. The van der Waals surface area contributed by atoms with Gasteiger partial charge < -0.3 is 20.1 Å². The fourth-order valence-corrected chi connectivity index (χ4v) is 4.69. The van der Waals surface area contributed by atoms with E-state index in [2.05, 4.69) is 67.7 Å². The van der Waals surface area contributed by atoms with E-state index < -0.39 is 0 Å². The second kappa shape index (κ2) is 10.5. The SMILES string of the molecule is O=C(NCc1cccnc1)Nc1ccc(-n2cc(CCN3CCCCC3)c3ccccc32)cc1. The molecule has 0 saturated carbocycles. The van der Waals surface area contributed by atoms with Gasteiger partial charge in [-0.1, -0.05) is 30.7 Å². The molecule has 2 aromatic heterocycles. The second-order valence-corrected chi connectivity index (χ2v) is 8.91. The number of hydrogen-bond acceptors (Lipinski definition) is 3. The van der Waals surface area contributed by atoms with E-state index in [1.54, 1.807) is 12.4 Å². The molecule has 0 aliphatic carbocycles. The molecule has 1 aliphatic heterocycles. The number of hydrogen-bond donors (Lipinski definition) is 2. The van der Waals surface area contributed by atoms with Crippen LogP contribution in [0.25, 0.3) is 16.6 Å². The highest BCUT2D eigenvalue weighted by Crippen LogP contribution is 2.26. The number of fused-ring (bicyclic) bond motifs is 1. The number of carbonyl (C=O) groups excluding carboxylic acids is 1. The number of urea groups is 1. The van der Waals surface area contributed by atoms with Crippen LogP contribution >= 0.6 is 0 Å². The molecule has 0 radical (unpaired) electrons. The van der Waals surface area contributed by atoms with Crippen molar-refractivity contribution >= 4 is 22.6 Å². The molecule has 6 heteroatoms. The van der Waals surface area contributed by atoms with Crippen LogP contribution in [-0.4, -0.2) is 40.1 Å². The van der Waals surface area contributed by atoms with Crippen LogP contribution in [0.3, 0.4) is 0 Å². The van der Waals surface area contributed by atoms with Crippen LogP contribution < -0.4 is 10.6 Å². The van der Waals surface area contributed by atoms with E-state index in [0.717, 1.165) is 29.9 Å². The molecular weight excluding hydrogens is 422 g/mol. The third-order valence-electron chi connectivity index (χ3n) is 6.52. The Labute approximate surface area is 200 Å². The number of piperidine rings is 1. The van der Waals surface area contributed by atoms with E-state index >= 15 is 0 Å². The molecule has 3 heterocycles. The molecule has 0 bridgehead atoms. The van der Waals surface area contributed by atoms with Gasteiger partial charge in [-0.15, -0.1) is 0 Å². The Morgan fingerprint density at radius 2 is 1.76 bits per heavy atom. The number of amides is 2. The number of rotatable bonds is 7. The monoisotopic (exact) mass is 453 g/mol. The van der Waals surface area contributed by atoms with Crippen LogP contribution in [0.1, 0.15) is 30.4 Å². The maximum atomic E-state index is 12.3. The molecule has 4 aromatic rings. The maximum absolute atomic E-state index is 12.3. The Kier molecular flexibility index (Phi) is 6.86. The highest BCUT2D eigenvalue weighted by molar-refractivity contribution is 5.89. The Bertz CT molecular complexity index is 1230. The maximum Gasteiger partial charge on any atom is 0.319 e. The van der Waals surface area contributed by atoms with Gasteiger partial charge in [0.15, 0.2) is 0 Å². The fraction of sp³-hybridized carbons (Fsp3) is 0.286. The van der Waals surface area contributed by atoms with Gasteiger partial charge in [0.1, 0.15) is 0 Å². The molecule has 0 spiro atoms. The number of likely N-dealkylation sites (tertiary alicyclic amines) is 1. The number of anilines is 1. The smallest absolute Gasteiger partial charge is 0.319 e. The van der Waals surface area contributed by atoms with Gasteiger partial charge in [-0.25, -0.2) is 4.79 Å². The molecule has 1 saturated heterocycles. The number of para-hydroxylation sites is 1. The van der Waals surface area contributed by atoms with Gasteiger partial charge in [0.2, 0.25) is 0 Å². The first-order valence-electron chi connectivity index (χ1n) is 12.1. The van der Waals surface area contributed by atoms with Gasteiger partial charge in [0, 0.05) is 48.4 Å². The van der Waals surface area contributed by atoms with E-state index in [-0.39, 0.29) is 6.03 Å². The minimum absolute atomic E-state index is 0.233. The highest BCUT2D eigenvalue weighted by atomic mass is 16.2. The Balaban J connectivity index is 1.26. The summed E-state index contributed by atoms with van der Waals surface area (Å²) in [5.41, 5.74) is 5.41. The van der Waals surface area contributed by atoms with Crippen LogP contribution in [0, 0.1) is 0 Å². The van der Waals surface area contributed by atoms with Crippen LogP contribution in [0.2, 0.25) is 0 Å². The minimum Gasteiger partial charge on any atom is -0.334 e. The molecule has 1 fully saturated rings. The molecule has 2 amide bonds. The predicted molar refractivity (Wildman–Crippen MR) is 137 cm³/mol. The van der Waals surface area contributed by atoms with Crippen molar-refractivity contribution in [2.45, 2.75) is 32.2 Å². The first kappa shape index (κ1) is 22.2. The minimum atomic E-state index is -0.233. The van der Waals surface area contributed by atoms with E-state index in [1.807, 2.05) is 24.3 Å². The third-order valence-corrected chi connectivity index (χ3v) is 6.52. The average Bonchev–Trinajstić information content (AvgIpc) is 3.27. The molecule has 0 atom stereocenters. The summed E-state index contributed by atoms with van der Waals surface area (Å²) in [4.78, 5) is 18.9. The van der Waals surface area contributed by atoms with Crippen molar-refractivity contribution in [3.8, 4) is 5.69 Å². The van der Waals surface area contributed by atoms with E-state index in [9.17, 15) is 4.79 Å². The zero-order valence-corrected chi connectivity index (χ0v) is 19.4. The molecule has 6 nitrogen and oxygen atoms in total. The van der Waals surface area contributed by atoms with Crippen LogP contribution in [0.15, 0.2) is 79.3 Å². The quantitative estimate of drug-likeness (QED) is 0.395. The Morgan fingerprint density at radius 1 is 0.941 bits per heavy atom. The molecule has 5 rings (SSSR count). The van der Waals surface area contributed by atoms with Crippen molar-refractivity contribution in [1.29, 1.82) is 0 Å². The second-order valence-electron chi connectivity index (χ2n) is 8.91. The van der Waals surface area contributed by atoms with Gasteiger partial charge in [-0.2, -0.15) is 0 Å². The van der Waals surface area contributed by atoms with Crippen LogP contribution in [0.5, 0.6) is 0 Å². The van der Waals surface area contributed by atoms with Gasteiger partial charge in [-0.3, -0.25) is 4.98 Å². The third kappa shape index (κ3) is 5.29. The van der Waals surface area contributed by atoms with Crippen molar-refractivity contribution in [2.75, 3.05) is 25.0 Å². The summed E-state index contributed by atoms with van der Waals surface area (Å²) >= 11 is 0. The van der Waals surface area contributed by atoms with Crippen molar-refractivity contribution < 1.29 is 4.79 Å². The van der Waals surface area contributed by atoms with Crippen LogP contribution in [-0.2, 0) is 13.0 Å². The summed E-state index contributed by atoms with van der Waals surface area (Å²) in [5, 5.41) is 7.08. The van der Waals surface area contributed by atoms with Crippen molar-refractivity contribution in [1.82, 2.24) is 19.8 Å². The van der Waals surface area contributed by atoms with Gasteiger partial charge >= 0.3 is 6.03 Å². The summed E-state index contributed by atoms with van der Waals surface area (Å²) in [6.07, 6.45) is 10.8. The van der Waals surface area contributed by atoms with E-state index in [1.165, 1.54) is 48.8 Å². The summed E-state index contributed by atoms with van der Waals surface area (Å²) in [5.74, 6) is 0. The molecule has 34 heavy (non-hydrogen) atoms. The number of carbonyl (C=O) groups is 1. The van der Waals surface area contributed by atoms with Gasteiger partial charge in [0.25, 0.3) is 0 Å². The summed E-state index contributed by atoms with van der Waals surface area (Å²) < 4.78 is 2.26. The summed E-state index contributed by atoms with van der Waals surface area (Å²) in [7, 11) is 0. The predicted octanol–water partition coefficient (Wildman–Crippen LogP) is 5.38. The lowest BCUT2D eigenvalue weighted by atomic mass is 10.1. The average molecular weight is 454 g/mol. The van der Waals surface area contributed by atoms with E-state index in [0.29, 0.717) is 6.54 Å². The molecule has 1 aliphatic rings. The number of nitrogens with one attached hydrogen (secondary N) is 2. The lowest BCUT2D eigenvalue weighted by Gasteiger charge is -2.26. The molecule has 2 N–H and O–H groups in total. The number of aromatic nitrogens is 2. The number of pyridine rings is 1. The zero-order chi connectivity index (χ0) is 23.2. The first-order valence-corrected chi connectivity index (χ1v) is 12.1. The van der Waals surface area contributed by atoms with Crippen molar-refractivity contribution in [2.24, 2.45) is 0 Å². The largest absolute Gasteiger partial charge is 0.334 e. The standard InChI is InChI=1S/C28H31N5O/c34-28(30-20-22-7-6-15-29-19-22)31-24-10-12-25(13-11-24)33-21-23(26-8-2-3-9-27(26)33)14-18-32-16-4-1-5-17-32/h2-3,6-13,15,19,21H,1,4-5,14,16-18,20H2,(H2,30,31,34). The fourth-order valence-electron chi connectivity index (χ4n) is 4.69. The molecule has 174 valence electrons. The number of nitrogens with zero attached hydrogens (tertiary/aromatic N) is 3. The first-order chi connectivity index (χ1) is 16.8. The summed E-state index contributed by atoms with van der Waals surface area (Å²) in [6, 6.07) is 20.2. The Hall–Kier alpha value is -3.64. The highest BCUT2D eigenvalue weighted by Gasteiger charge is 2.13. The van der Waals surface area contributed by atoms with Crippen LogP contribution in [0.4, 0.5) is 10.5 Å².